The molecule has 4 rings (SSSR count). The standard InChI is InChI=1S/C25H27N5/c1-3-19-17-30(23-13-7-9-20-10-8-16-27-25(20)23)29-24(18(19)2)22(14-15-26)28-21-11-5-4-6-12-21/h4-7,9,11-15,17,27H,2-3,8,10,16,26H2,1H3. The molecule has 3 N–H and O–H groups in total. The molecule has 2 heterocycles. The molecule has 0 radical (unpaired) electrons. The Bertz CT molecular complexity index is 1060. The molecule has 5 heteroatoms. The van der Waals surface area contributed by atoms with E-state index in [4.69, 9.17) is 15.8 Å². The average Bonchev–Trinajstić information content (AvgIpc) is 2.79. The lowest BCUT2D eigenvalue weighted by Crippen LogP contribution is -2.27. The number of para-hydroxylation sites is 2. The Balaban J connectivity index is 1.82. The highest BCUT2D eigenvalue weighted by atomic mass is 15.5. The molecule has 30 heavy (non-hydrogen) atoms. The molecule has 0 saturated carbocycles. The summed E-state index contributed by atoms with van der Waals surface area (Å²) in [7, 11) is 0. The van der Waals surface area contributed by atoms with Crippen LogP contribution in [0.25, 0.3) is 0 Å². The van der Waals surface area contributed by atoms with Crippen LogP contribution in [0, 0.1) is 0 Å². The lowest BCUT2D eigenvalue weighted by Gasteiger charge is -2.29. The van der Waals surface area contributed by atoms with Gasteiger partial charge in [-0.1, -0.05) is 43.8 Å². The Hall–Kier alpha value is -3.60. The van der Waals surface area contributed by atoms with Crippen LogP contribution in [-0.4, -0.2) is 18.0 Å². The van der Waals surface area contributed by atoms with Gasteiger partial charge in [-0.15, -0.1) is 0 Å². The summed E-state index contributed by atoms with van der Waals surface area (Å²) in [6.07, 6.45) is 8.43. The van der Waals surface area contributed by atoms with E-state index in [0.29, 0.717) is 5.71 Å². The van der Waals surface area contributed by atoms with Gasteiger partial charge in [-0.2, -0.15) is 5.10 Å². The first-order chi connectivity index (χ1) is 14.7. The normalized spacial score (nSPS) is 16.8. The first-order valence-electron chi connectivity index (χ1n) is 10.4. The summed E-state index contributed by atoms with van der Waals surface area (Å²) in [6.45, 7) is 7.41. The van der Waals surface area contributed by atoms with Crippen molar-refractivity contribution in [3.63, 3.8) is 0 Å². The Morgan fingerprint density at radius 3 is 2.83 bits per heavy atom. The van der Waals surface area contributed by atoms with E-state index in [2.05, 4.69) is 43.2 Å². The van der Waals surface area contributed by atoms with E-state index in [-0.39, 0.29) is 0 Å². The van der Waals surface area contributed by atoms with E-state index in [0.717, 1.165) is 59.7 Å². The van der Waals surface area contributed by atoms with Crippen LogP contribution < -0.4 is 16.1 Å². The van der Waals surface area contributed by atoms with E-state index in [1.54, 1.807) is 6.08 Å². The summed E-state index contributed by atoms with van der Waals surface area (Å²) in [6, 6.07) is 16.2. The van der Waals surface area contributed by atoms with Crippen molar-refractivity contribution in [2.24, 2.45) is 15.8 Å². The number of nitrogens with one attached hydrogen (secondary N) is 1. The molecule has 0 fully saturated rings. The van der Waals surface area contributed by atoms with Gasteiger partial charge in [0, 0.05) is 18.3 Å². The van der Waals surface area contributed by atoms with Crippen LogP contribution in [0.4, 0.5) is 17.1 Å². The summed E-state index contributed by atoms with van der Waals surface area (Å²) in [5.41, 5.74) is 13.5. The van der Waals surface area contributed by atoms with Gasteiger partial charge in [0.05, 0.1) is 22.8 Å². The second-order valence-corrected chi connectivity index (χ2v) is 7.31. The summed E-state index contributed by atoms with van der Waals surface area (Å²) in [5.74, 6) is 0. The molecule has 0 unspecified atom stereocenters. The largest absolute Gasteiger partial charge is 0.405 e. The van der Waals surface area contributed by atoms with Gasteiger partial charge in [0.2, 0.25) is 0 Å². The fourth-order valence-electron chi connectivity index (χ4n) is 3.79. The van der Waals surface area contributed by atoms with Crippen molar-refractivity contribution in [2.75, 3.05) is 16.9 Å². The highest BCUT2D eigenvalue weighted by Gasteiger charge is 2.24. The zero-order chi connectivity index (χ0) is 20.9. The molecule has 2 aliphatic heterocycles. The minimum Gasteiger partial charge on any atom is -0.405 e. The van der Waals surface area contributed by atoms with E-state index in [1.165, 1.54) is 11.8 Å². The Morgan fingerprint density at radius 1 is 1.23 bits per heavy atom. The molecule has 152 valence electrons. The van der Waals surface area contributed by atoms with Crippen molar-refractivity contribution >= 4 is 28.5 Å². The minimum atomic E-state index is 0.690. The number of rotatable bonds is 5. The van der Waals surface area contributed by atoms with Crippen molar-refractivity contribution in [3.05, 3.63) is 90.3 Å². The molecule has 0 aromatic heterocycles. The van der Waals surface area contributed by atoms with E-state index >= 15 is 0 Å². The van der Waals surface area contributed by atoms with E-state index in [1.807, 2.05) is 35.3 Å². The van der Waals surface area contributed by atoms with Gasteiger partial charge >= 0.3 is 0 Å². The minimum absolute atomic E-state index is 0.690. The van der Waals surface area contributed by atoms with Crippen molar-refractivity contribution in [2.45, 2.75) is 26.2 Å². The number of aryl methyl sites for hydroxylation is 1. The first-order valence-corrected chi connectivity index (χ1v) is 10.4. The second-order valence-electron chi connectivity index (χ2n) is 7.31. The smallest absolute Gasteiger partial charge is 0.117 e. The van der Waals surface area contributed by atoms with Crippen molar-refractivity contribution < 1.29 is 0 Å². The maximum Gasteiger partial charge on any atom is 0.117 e. The molecule has 0 bridgehead atoms. The highest BCUT2D eigenvalue weighted by molar-refractivity contribution is 6.53. The van der Waals surface area contributed by atoms with Crippen LogP contribution in [0.3, 0.4) is 0 Å². The van der Waals surface area contributed by atoms with Crippen LogP contribution in [0.15, 0.2) is 94.8 Å². The summed E-state index contributed by atoms with van der Waals surface area (Å²) >= 11 is 0. The number of nitrogens with zero attached hydrogens (tertiary/aromatic N) is 3. The highest BCUT2D eigenvalue weighted by Crippen LogP contribution is 2.36. The van der Waals surface area contributed by atoms with Gasteiger partial charge in [-0.05, 0) is 60.9 Å². The van der Waals surface area contributed by atoms with E-state index < -0.39 is 0 Å². The fourth-order valence-corrected chi connectivity index (χ4v) is 3.79. The molecular weight excluding hydrogens is 370 g/mol. The number of anilines is 2. The maximum atomic E-state index is 5.75. The lowest BCUT2D eigenvalue weighted by molar-refractivity contribution is 0.827. The molecule has 0 spiro atoms. The lowest BCUT2D eigenvalue weighted by atomic mass is 9.96. The van der Waals surface area contributed by atoms with Crippen molar-refractivity contribution in [1.29, 1.82) is 0 Å². The van der Waals surface area contributed by atoms with Gasteiger partial charge < -0.3 is 11.1 Å². The summed E-state index contributed by atoms with van der Waals surface area (Å²) in [5, 5.41) is 10.5. The van der Waals surface area contributed by atoms with Crippen LogP contribution in [0.5, 0.6) is 0 Å². The second kappa shape index (κ2) is 8.82. The summed E-state index contributed by atoms with van der Waals surface area (Å²) in [4.78, 5) is 4.80. The third kappa shape index (κ3) is 3.92. The van der Waals surface area contributed by atoms with Gasteiger partial charge in [0.1, 0.15) is 5.71 Å². The number of hydrazone groups is 1. The molecule has 2 aromatic rings. The first kappa shape index (κ1) is 19.7. The van der Waals surface area contributed by atoms with Crippen LogP contribution in [0.2, 0.25) is 0 Å². The molecule has 2 aliphatic rings. The quantitative estimate of drug-likeness (QED) is 0.672. The van der Waals surface area contributed by atoms with Gasteiger partial charge in [-0.25, -0.2) is 10.0 Å². The van der Waals surface area contributed by atoms with Crippen molar-refractivity contribution in [3.8, 4) is 0 Å². The molecule has 0 amide bonds. The Kier molecular flexibility index (Phi) is 5.80. The number of nitrogens with two attached hydrogens (primary N) is 1. The van der Waals surface area contributed by atoms with Gasteiger partial charge in [0.15, 0.2) is 0 Å². The Labute approximate surface area is 178 Å². The van der Waals surface area contributed by atoms with Gasteiger partial charge in [0.25, 0.3) is 0 Å². The number of fused-ring (bicyclic) bond motifs is 1. The average molecular weight is 398 g/mol. The molecule has 0 atom stereocenters. The van der Waals surface area contributed by atoms with Crippen LogP contribution in [0.1, 0.15) is 25.3 Å². The number of hydrogen-bond acceptors (Lipinski definition) is 5. The predicted molar refractivity (Wildman–Crippen MR) is 128 cm³/mol. The van der Waals surface area contributed by atoms with Gasteiger partial charge in [-0.3, -0.25) is 0 Å². The summed E-state index contributed by atoms with van der Waals surface area (Å²) < 4.78 is 0. The fraction of sp³-hybridized carbons (Fsp3) is 0.200. The maximum absolute atomic E-state index is 5.75. The monoisotopic (exact) mass is 397 g/mol. The Morgan fingerprint density at radius 2 is 2.07 bits per heavy atom. The molecule has 0 saturated heterocycles. The zero-order valence-electron chi connectivity index (χ0n) is 17.3. The number of benzene rings is 2. The molecule has 2 aromatic carbocycles. The number of hydrogen-bond donors (Lipinski definition) is 2. The van der Waals surface area contributed by atoms with Crippen LogP contribution in [-0.2, 0) is 6.42 Å². The molecular formula is C25H27N5. The predicted octanol–water partition coefficient (Wildman–Crippen LogP) is 5.32. The molecule has 0 aliphatic carbocycles. The number of allylic oxidation sites excluding steroid dienone is 3. The van der Waals surface area contributed by atoms with Crippen molar-refractivity contribution in [1.82, 2.24) is 0 Å². The topological polar surface area (TPSA) is 66.0 Å². The third-order valence-corrected chi connectivity index (χ3v) is 5.34. The molecule has 5 nitrogen and oxygen atoms in total. The number of aliphatic imine (C=N–C) groups is 1. The third-order valence-electron chi connectivity index (χ3n) is 5.34. The zero-order valence-corrected chi connectivity index (χ0v) is 17.3. The van der Waals surface area contributed by atoms with E-state index in [9.17, 15) is 0 Å². The van der Waals surface area contributed by atoms with Crippen LogP contribution >= 0.6 is 0 Å². The SMILES string of the molecule is C=C1C(CC)=CN(c2cccc3c2NCCC3)N=C1C(C=CN)=Nc1ccccc1.